The predicted octanol–water partition coefficient (Wildman–Crippen LogP) is 13.6. The number of hydrogen-bond donors (Lipinski definition) is 0. The molecule has 0 aromatic heterocycles. The van der Waals surface area contributed by atoms with E-state index in [0.717, 1.165) is 17.1 Å². The first-order valence-electron chi connectivity index (χ1n) is 16.8. The van der Waals surface area contributed by atoms with Gasteiger partial charge in [-0.1, -0.05) is 158 Å². The molecule has 0 unspecified atom stereocenters. The van der Waals surface area contributed by atoms with Crippen molar-refractivity contribution in [1.82, 2.24) is 0 Å². The highest BCUT2D eigenvalue weighted by Gasteiger charge is 2.18. The van der Waals surface area contributed by atoms with Gasteiger partial charge in [0.1, 0.15) is 0 Å². The van der Waals surface area contributed by atoms with Crippen LogP contribution in [0.1, 0.15) is 0 Å². The van der Waals surface area contributed by atoms with Crippen molar-refractivity contribution >= 4 is 49.4 Å². The first-order chi connectivity index (χ1) is 24.3. The lowest BCUT2D eigenvalue weighted by Gasteiger charge is -2.28. The normalized spacial score (nSPS) is 11.3. The molecule has 0 radical (unpaired) electrons. The molecule has 0 saturated carbocycles. The fourth-order valence-corrected chi connectivity index (χ4v) is 7.27. The summed E-state index contributed by atoms with van der Waals surface area (Å²) in [4.78, 5) is 2.43. The summed E-state index contributed by atoms with van der Waals surface area (Å²) >= 11 is 0. The second-order valence-electron chi connectivity index (χ2n) is 12.6. The summed E-state index contributed by atoms with van der Waals surface area (Å²) in [5.41, 5.74) is 10.4. The van der Waals surface area contributed by atoms with E-state index < -0.39 is 0 Å². The molecule has 0 saturated heterocycles. The van der Waals surface area contributed by atoms with Gasteiger partial charge in [-0.2, -0.15) is 0 Å². The number of anilines is 3. The van der Waals surface area contributed by atoms with Crippen molar-refractivity contribution in [2.45, 2.75) is 0 Å². The van der Waals surface area contributed by atoms with E-state index >= 15 is 0 Å². The van der Waals surface area contributed by atoms with Gasteiger partial charge in [0, 0.05) is 17.1 Å². The van der Waals surface area contributed by atoms with Gasteiger partial charge in [0.2, 0.25) is 0 Å². The predicted molar refractivity (Wildman–Crippen MR) is 210 cm³/mol. The van der Waals surface area contributed by atoms with E-state index in [0.29, 0.717) is 0 Å². The molecule has 0 N–H and O–H groups in total. The van der Waals surface area contributed by atoms with E-state index in [9.17, 15) is 0 Å². The summed E-state index contributed by atoms with van der Waals surface area (Å²) in [5, 5.41) is 7.61. The van der Waals surface area contributed by atoms with Crippen molar-refractivity contribution in [2.24, 2.45) is 0 Å². The fraction of sp³-hybridized carbons (Fsp3) is 0. The Bertz CT molecular complexity index is 2500. The largest absolute Gasteiger partial charge is 0.310 e. The van der Waals surface area contributed by atoms with Crippen LogP contribution in [0.4, 0.5) is 17.1 Å². The quantitative estimate of drug-likeness (QED) is 0.167. The molecule has 49 heavy (non-hydrogen) atoms. The van der Waals surface area contributed by atoms with Crippen molar-refractivity contribution in [3.63, 3.8) is 0 Å². The van der Waals surface area contributed by atoms with Gasteiger partial charge in [-0.15, -0.1) is 0 Å². The Balaban J connectivity index is 1.33. The Hall–Kier alpha value is -6.44. The molecular weight excluding hydrogens is 591 g/mol. The maximum atomic E-state index is 2.43. The SMILES string of the molecule is c1ccc(-c2cccc(N(c3cc(-c4ccccc4)cc(-c4ccccc4)c3)c3ccc4c5ccccc5c5ccccc5c4c3)c2)cc1. The molecule has 0 heterocycles. The van der Waals surface area contributed by atoms with Gasteiger partial charge in [-0.25, -0.2) is 0 Å². The van der Waals surface area contributed by atoms with Gasteiger partial charge in [-0.05, 0) is 108 Å². The molecule has 0 amide bonds. The van der Waals surface area contributed by atoms with Crippen LogP contribution >= 0.6 is 0 Å². The molecule has 9 aromatic carbocycles. The lowest BCUT2D eigenvalue weighted by Crippen LogP contribution is -2.10. The number of nitrogens with zero attached hydrogens (tertiary/aromatic N) is 1. The third-order valence-electron chi connectivity index (χ3n) is 9.59. The van der Waals surface area contributed by atoms with E-state index in [-0.39, 0.29) is 0 Å². The minimum Gasteiger partial charge on any atom is -0.310 e. The summed E-state index contributed by atoms with van der Waals surface area (Å²) in [6.45, 7) is 0. The molecule has 0 spiro atoms. The zero-order valence-electron chi connectivity index (χ0n) is 27.0. The van der Waals surface area contributed by atoms with Crippen LogP contribution in [0.5, 0.6) is 0 Å². The molecule has 0 bridgehead atoms. The molecule has 0 aliphatic carbocycles. The molecule has 1 nitrogen and oxygen atoms in total. The Morgan fingerprint density at radius 2 is 0.592 bits per heavy atom. The van der Waals surface area contributed by atoms with E-state index in [2.05, 4.69) is 205 Å². The second-order valence-corrected chi connectivity index (χ2v) is 12.6. The average Bonchev–Trinajstić information content (AvgIpc) is 3.19. The lowest BCUT2D eigenvalue weighted by molar-refractivity contribution is 1.29. The maximum absolute atomic E-state index is 2.43. The van der Waals surface area contributed by atoms with Crippen molar-refractivity contribution in [3.05, 3.63) is 200 Å². The average molecular weight is 624 g/mol. The van der Waals surface area contributed by atoms with Gasteiger partial charge in [0.05, 0.1) is 0 Å². The van der Waals surface area contributed by atoms with Gasteiger partial charge in [0.15, 0.2) is 0 Å². The van der Waals surface area contributed by atoms with Crippen LogP contribution in [0.3, 0.4) is 0 Å². The molecule has 9 rings (SSSR count). The summed E-state index contributed by atoms with van der Waals surface area (Å²) in [5.74, 6) is 0. The molecular formula is C48H33N. The summed E-state index contributed by atoms with van der Waals surface area (Å²) in [6.07, 6.45) is 0. The molecule has 9 aromatic rings. The Labute approximate surface area is 287 Å². The highest BCUT2D eigenvalue weighted by atomic mass is 15.1. The van der Waals surface area contributed by atoms with Crippen molar-refractivity contribution in [1.29, 1.82) is 0 Å². The van der Waals surface area contributed by atoms with Crippen molar-refractivity contribution in [3.8, 4) is 33.4 Å². The smallest absolute Gasteiger partial charge is 0.0473 e. The van der Waals surface area contributed by atoms with E-state index in [4.69, 9.17) is 0 Å². The Morgan fingerprint density at radius 3 is 1.12 bits per heavy atom. The summed E-state index contributed by atoms with van der Waals surface area (Å²) in [6, 6.07) is 72.5. The standard InChI is InChI=1S/C48H33N/c1-4-15-34(16-5-1)37-21-14-22-40(30-37)49(42-31-38(35-17-6-2-7-18-35)29-39(32-42)36-19-8-3-9-20-36)41-27-28-47-45-25-11-10-23-43(45)44-24-12-13-26-46(44)48(47)33-41/h1-33H. The molecule has 0 aliphatic rings. The molecule has 0 atom stereocenters. The van der Waals surface area contributed by atoms with Gasteiger partial charge >= 0.3 is 0 Å². The minimum absolute atomic E-state index is 1.11. The van der Waals surface area contributed by atoms with E-state index in [1.807, 2.05) is 0 Å². The van der Waals surface area contributed by atoms with Crippen LogP contribution in [0.25, 0.3) is 65.7 Å². The zero-order valence-corrected chi connectivity index (χ0v) is 27.0. The number of rotatable bonds is 6. The van der Waals surface area contributed by atoms with Crippen LogP contribution in [0, 0.1) is 0 Å². The van der Waals surface area contributed by atoms with Crippen LogP contribution in [0.2, 0.25) is 0 Å². The highest BCUT2D eigenvalue weighted by molar-refractivity contribution is 6.25. The molecule has 230 valence electrons. The topological polar surface area (TPSA) is 3.24 Å². The van der Waals surface area contributed by atoms with Crippen molar-refractivity contribution < 1.29 is 0 Å². The number of hydrogen-bond acceptors (Lipinski definition) is 1. The highest BCUT2D eigenvalue weighted by Crippen LogP contribution is 2.43. The lowest BCUT2D eigenvalue weighted by atomic mass is 9.93. The van der Waals surface area contributed by atoms with E-state index in [1.165, 1.54) is 65.7 Å². The Morgan fingerprint density at radius 1 is 0.204 bits per heavy atom. The van der Waals surface area contributed by atoms with Crippen LogP contribution in [-0.2, 0) is 0 Å². The zero-order chi connectivity index (χ0) is 32.6. The molecule has 0 fully saturated rings. The number of benzene rings is 9. The van der Waals surface area contributed by atoms with Crippen molar-refractivity contribution in [2.75, 3.05) is 4.90 Å². The maximum Gasteiger partial charge on any atom is 0.0473 e. The van der Waals surface area contributed by atoms with Crippen LogP contribution in [0.15, 0.2) is 200 Å². The minimum atomic E-state index is 1.11. The fourth-order valence-electron chi connectivity index (χ4n) is 7.27. The second kappa shape index (κ2) is 12.3. The third-order valence-corrected chi connectivity index (χ3v) is 9.59. The third kappa shape index (κ3) is 5.32. The number of fused-ring (bicyclic) bond motifs is 6. The van der Waals surface area contributed by atoms with Crippen LogP contribution < -0.4 is 4.90 Å². The molecule has 1 heteroatoms. The van der Waals surface area contributed by atoms with Gasteiger partial charge in [0.25, 0.3) is 0 Å². The Kier molecular flexibility index (Phi) is 7.22. The van der Waals surface area contributed by atoms with Crippen LogP contribution in [-0.4, -0.2) is 0 Å². The van der Waals surface area contributed by atoms with Gasteiger partial charge in [-0.3, -0.25) is 0 Å². The first-order valence-corrected chi connectivity index (χ1v) is 16.8. The van der Waals surface area contributed by atoms with E-state index in [1.54, 1.807) is 0 Å². The monoisotopic (exact) mass is 623 g/mol. The first kappa shape index (κ1) is 28.8. The summed E-state index contributed by atoms with van der Waals surface area (Å²) in [7, 11) is 0. The van der Waals surface area contributed by atoms with Gasteiger partial charge < -0.3 is 4.90 Å². The molecule has 0 aliphatic heterocycles. The summed E-state index contributed by atoms with van der Waals surface area (Å²) < 4.78 is 0.